The zero-order valence-electron chi connectivity index (χ0n) is 49.0. The molecule has 0 saturated heterocycles. The Hall–Kier alpha value is -12.2. The minimum Gasteiger partial charge on any atom is -0.306 e. The third kappa shape index (κ3) is 8.11. The number of pyridine rings is 4. The van der Waals surface area contributed by atoms with Gasteiger partial charge in [0, 0.05) is 98.2 Å². The van der Waals surface area contributed by atoms with Crippen LogP contribution in [0.2, 0.25) is 0 Å². The van der Waals surface area contributed by atoms with Gasteiger partial charge in [-0.05, 0) is 171 Å². The van der Waals surface area contributed by atoms with E-state index in [9.17, 15) is 0 Å². The number of para-hydroxylation sites is 4. The maximum atomic E-state index is 19.0. The van der Waals surface area contributed by atoms with Crippen molar-refractivity contribution in [1.82, 2.24) is 38.2 Å². The average Bonchev–Trinajstić information content (AvgIpc) is 1.01. The van der Waals surface area contributed by atoms with Crippen LogP contribution in [0, 0.1) is 0 Å². The second-order valence-corrected chi connectivity index (χ2v) is 23.3. The lowest BCUT2D eigenvalue weighted by atomic mass is 9.92. The largest absolute Gasteiger partial charge is 0.420 e. The molecule has 0 radical (unpaired) electrons. The zero-order chi connectivity index (χ0) is 61.2. The monoisotopic (exact) mass is 1190 g/mol. The van der Waals surface area contributed by atoms with Gasteiger partial charge in [-0.25, -0.2) is 0 Å². The van der Waals surface area contributed by atoms with Crippen molar-refractivity contribution in [3.8, 4) is 78.4 Å². The molecule has 0 N–H and O–H groups in total. The Morgan fingerprint density at radius 2 is 0.467 bits per heavy atom. The number of aromatic nitrogens is 8. The van der Waals surface area contributed by atoms with Crippen LogP contribution in [-0.2, 0) is 6.18 Å². The molecule has 92 heavy (non-hydrogen) atoms. The van der Waals surface area contributed by atoms with Crippen LogP contribution in [0.1, 0.15) is 5.56 Å². The summed E-state index contributed by atoms with van der Waals surface area (Å²) in [5, 5.41) is 6.66. The number of nitrogens with zero attached hydrogens (tertiary/aromatic N) is 8. The summed E-state index contributed by atoms with van der Waals surface area (Å²) in [5.41, 5.74) is 13.9. The van der Waals surface area contributed by atoms with Crippen molar-refractivity contribution in [3.05, 3.63) is 304 Å². The van der Waals surface area contributed by atoms with Crippen LogP contribution < -0.4 is 0 Å². The topological polar surface area (TPSA) is 71.3 Å². The van der Waals surface area contributed by atoms with Gasteiger partial charge in [0.2, 0.25) is 0 Å². The molecular formula is C81H49F3N8. The number of fused-ring (bicyclic) bond motifs is 12. The van der Waals surface area contributed by atoms with E-state index in [0.717, 1.165) is 87.6 Å². The van der Waals surface area contributed by atoms with Crippen molar-refractivity contribution in [2.24, 2.45) is 0 Å². The molecule has 0 fully saturated rings. The fourth-order valence-corrected chi connectivity index (χ4v) is 14.5. The van der Waals surface area contributed by atoms with E-state index in [-0.39, 0.29) is 11.4 Å². The first kappa shape index (κ1) is 52.9. The van der Waals surface area contributed by atoms with Gasteiger partial charge >= 0.3 is 6.18 Å². The minimum absolute atomic E-state index is 0.0368. The van der Waals surface area contributed by atoms with Gasteiger partial charge in [0.05, 0.1) is 66.9 Å². The van der Waals surface area contributed by atoms with E-state index < -0.39 is 11.7 Å². The Bertz CT molecular complexity index is 5330. The highest BCUT2D eigenvalue weighted by atomic mass is 19.4. The number of hydrogen-bond acceptors (Lipinski definition) is 4. The molecule has 8 nitrogen and oxygen atoms in total. The molecule has 434 valence electrons. The van der Waals surface area contributed by atoms with Crippen molar-refractivity contribution in [3.63, 3.8) is 0 Å². The summed E-state index contributed by atoms with van der Waals surface area (Å²) in [5.74, 6) is 0. The number of rotatable bonds is 9. The standard InChI is InChI=1S/C81H49F3N8/c82-81(83,84)76-79(91-67-18-8-4-14-59(67)60-15-5-9-19-68(60)91)77(89-71-26-22-55(50-30-38-85-39-31-50)46-63(71)64-47-56(23-27-72(64)89)51-32-40-86-41-33-51)75(54-12-2-1-3-13-54)78(80(76)92-69-20-10-6-16-61(69)62-17-7-11-21-70(62)92)90-73-28-24-57(52-34-42-87-43-35-52)48-65(73)66-49-58(25-29-74(66)90)53-36-44-88-45-37-53/h1-49H. The van der Waals surface area contributed by atoms with Gasteiger partial charge in [0.15, 0.2) is 0 Å². The molecule has 0 aliphatic rings. The van der Waals surface area contributed by atoms with Crippen LogP contribution in [0.4, 0.5) is 13.2 Å². The Kier molecular flexibility index (Phi) is 11.9. The smallest absolute Gasteiger partial charge is 0.306 e. The second-order valence-electron chi connectivity index (χ2n) is 23.3. The van der Waals surface area contributed by atoms with Gasteiger partial charge in [-0.3, -0.25) is 19.9 Å². The van der Waals surface area contributed by atoms with Crippen LogP contribution in [0.25, 0.3) is 166 Å². The molecule has 18 aromatic rings. The van der Waals surface area contributed by atoms with Gasteiger partial charge in [0.1, 0.15) is 5.56 Å². The number of benzene rings is 10. The van der Waals surface area contributed by atoms with Crippen molar-refractivity contribution >= 4 is 87.2 Å². The predicted octanol–water partition coefficient (Wildman–Crippen LogP) is 21.0. The van der Waals surface area contributed by atoms with E-state index in [1.165, 1.54) is 0 Å². The van der Waals surface area contributed by atoms with E-state index in [4.69, 9.17) is 0 Å². The van der Waals surface area contributed by atoms with Crippen molar-refractivity contribution in [2.45, 2.75) is 6.18 Å². The van der Waals surface area contributed by atoms with E-state index in [2.05, 4.69) is 114 Å². The molecule has 8 aromatic heterocycles. The molecule has 0 spiro atoms. The molecule has 0 bridgehead atoms. The lowest BCUT2D eigenvalue weighted by Crippen LogP contribution is -2.22. The highest BCUT2D eigenvalue weighted by molar-refractivity contribution is 6.18. The number of halogens is 3. The van der Waals surface area contributed by atoms with Crippen LogP contribution in [0.5, 0.6) is 0 Å². The minimum atomic E-state index is -5.08. The van der Waals surface area contributed by atoms with Gasteiger partial charge in [-0.15, -0.1) is 0 Å². The Morgan fingerprint density at radius 1 is 0.217 bits per heavy atom. The second kappa shape index (κ2) is 20.7. The summed E-state index contributed by atoms with van der Waals surface area (Å²) in [7, 11) is 0. The average molecular weight is 1190 g/mol. The fraction of sp³-hybridized carbons (Fsp3) is 0.0123. The quantitative estimate of drug-likeness (QED) is 0.144. The lowest BCUT2D eigenvalue weighted by Gasteiger charge is -2.31. The first-order valence-electron chi connectivity index (χ1n) is 30.5. The summed E-state index contributed by atoms with van der Waals surface area (Å²) in [6.07, 6.45) is 9.16. The van der Waals surface area contributed by atoms with Gasteiger partial charge in [-0.1, -0.05) is 127 Å². The maximum Gasteiger partial charge on any atom is 0.420 e. The van der Waals surface area contributed by atoms with E-state index in [0.29, 0.717) is 66.6 Å². The molecule has 0 atom stereocenters. The van der Waals surface area contributed by atoms with Crippen LogP contribution >= 0.6 is 0 Å². The Balaban J connectivity index is 1.14. The molecule has 18 rings (SSSR count). The fourth-order valence-electron chi connectivity index (χ4n) is 14.5. The third-order valence-electron chi connectivity index (χ3n) is 18.4. The molecule has 0 aliphatic heterocycles. The number of alkyl halides is 3. The highest BCUT2D eigenvalue weighted by Gasteiger charge is 2.45. The van der Waals surface area contributed by atoms with E-state index in [1.54, 1.807) is 49.6 Å². The SMILES string of the molecule is FC(F)(F)c1c(-n2c3ccccc3c3ccccc32)c(-n2c3ccc(-c4ccncc4)cc3c3cc(-c4ccncc4)ccc32)c(-c2ccccc2)c(-n2c3ccc(-c4ccncc4)cc3c3cc(-c4ccncc4)ccc32)c1-n1c2ccccc2c2ccccc21. The van der Waals surface area contributed by atoms with Gasteiger partial charge in [0.25, 0.3) is 0 Å². The maximum absolute atomic E-state index is 19.0. The number of hydrogen-bond donors (Lipinski definition) is 0. The van der Waals surface area contributed by atoms with Crippen molar-refractivity contribution < 1.29 is 13.2 Å². The first-order valence-corrected chi connectivity index (χ1v) is 30.5. The summed E-state index contributed by atoms with van der Waals surface area (Å²) >= 11 is 0. The highest BCUT2D eigenvalue weighted by Crippen LogP contribution is 2.56. The molecule has 0 unspecified atom stereocenters. The van der Waals surface area contributed by atoms with Crippen LogP contribution in [0.15, 0.2) is 298 Å². The molecule has 10 aromatic carbocycles. The van der Waals surface area contributed by atoms with Crippen LogP contribution in [-0.4, -0.2) is 38.2 Å². The normalized spacial score (nSPS) is 12.1. The van der Waals surface area contributed by atoms with Gasteiger partial charge in [-0.2, -0.15) is 13.2 Å². The molecule has 0 amide bonds. The molecular weight excluding hydrogens is 1140 g/mol. The zero-order valence-corrected chi connectivity index (χ0v) is 49.0. The van der Waals surface area contributed by atoms with Crippen molar-refractivity contribution in [2.75, 3.05) is 0 Å². The van der Waals surface area contributed by atoms with Gasteiger partial charge < -0.3 is 18.3 Å². The first-order chi connectivity index (χ1) is 45.3. The predicted molar refractivity (Wildman–Crippen MR) is 367 cm³/mol. The Labute approximate surface area is 524 Å². The third-order valence-corrected chi connectivity index (χ3v) is 18.4. The van der Waals surface area contributed by atoms with E-state index >= 15 is 13.2 Å². The Morgan fingerprint density at radius 3 is 0.750 bits per heavy atom. The summed E-state index contributed by atoms with van der Waals surface area (Å²) in [6.45, 7) is 0. The molecule has 0 saturated carbocycles. The lowest BCUT2D eigenvalue weighted by molar-refractivity contribution is -0.137. The summed E-state index contributed by atoms with van der Waals surface area (Å²) < 4.78 is 65.1. The summed E-state index contributed by atoms with van der Waals surface area (Å²) in [6, 6.07) is 82.7. The van der Waals surface area contributed by atoms with Crippen LogP contribution in [0.3, 0.4) is 0 Å². The summed E-state index contributed by atoms with van der Waals surface area (Å²) in [4.78, 5) is 17.5. The molecule has 0 aliphatic carbocycles. The van der Waals surface area contributed by atoms with E-state index in [1.807, 2.05) is 173 Å². The molecule has 11 heteroatoms. The molecule has 8 heterocycles. The van der Waals surface area contributed by atoms with Crippen molar-refractivity contribution in [1.29, 1.82) is 0 Å².